The third-order valence-electron chi connectivity index (χ3n) is 24.0. The smallest absolute Gasteiger partial charge is 0.338 e. The van der Waals surface area contributed by atoms with Gasteiger partial charge in [-0.15, -0.1) is 34.0 Å². The molecule has 0 unspecified atom stereocenters. The Balaban J connectivity index is 0.821. The molecule has 11 nitrogen and oxygen atoms in total. The Bertz CT molecular complexity index is 5180. The van der Waals surface area contributed by atoms with E-state index in [4.69, 9.17) is 18.9 Å². The van der Waals surface area contributed by atoms with Crippen molar-refractivity contribution in [2.24, 2.45) is 0 Å². The van der Waals surface area contributed by atoms with Crippen LogP contribution in [0, 0.1) is 0 Å². The standard InChI is InChI=1S/C103H124N2O9S3/c1-12-15-18-21-23-25-27-29-31-36-57-111-71-61-70(62-72(63-71)112-58-37-32-30-28-26-24-22-19-16-13-2)103(110)114-60-39-34-33-38-59-113-85-65-84-93-81(100(107)105(102(84)109)98-76(68(8)9)45-41-46-77(98)69(10)11)50-48-78-91-82(86-53-54-89(116-86)90-56-55-88(117-90)87-52-47-73(115-87)42-35-20-17-14-3)64-83-92-80(51-49-79(95(91)92)94(85)96(78)93)99(106)104(101(83)108)97-74(66(4)5)43-40-44-75(97)67(6)7/h40-41,43-56,61-69H,12-39,42,57-60H2,1-11H3. The number of hydrogen-bond donors (Lipinski definition) is 0. The van der Waals surface area contributed by atoms with E-state index in [1.807, 2.05) is 90.2 Å². The molecule has 2 aliphatic heterocycles. The lowest BCUT2D eigenvalue weighted by Crippen LogP contribution is -2.42. The molecule has 5 heterocycles. The number of aryl methyl sites for hydroxylation is 1. The van der Waals surface area contributed by atoms with Crippen LogP contribution in [0.2, 0.25) is 0 Å². The van der Waals surface area contributed by atoms with Gasteiger partial charge >= 0.3 is 5.97 Å². The maximum absolute atomic E-state index is 16.3. The van der Waals surface area contributed by atoms with Gasteiger partial charge in [-0.05, 0) is 192 Å². The van der Waals surface area contributed by atoms with Gasteiger partial charge < -0.3 is 18.9 Å². The number of benzene rings is 8. The molecule has 0 aliphatic carbocycles. The first kappa shape index (κ1) is 86.2. The van der Waals surface area contributed by atoms with Crippen LogP contribution in [0.15, 0.2) is 127 Å². The van der Waals surface area contributed by atoms with Crippen molar-refractivity contribution in [1.82, 2.24) is 0 Å². The maximum Gasteiger partial charge on any atom is 0.338 e. The number of unbranched alkanes of at least 4 members (excludes halogenated alkanes) is 24. The fraction of sp³-hybridized carbons (Fsp3) is 0.466. The molecule has 14 heteroatoms. The van der Waals surface area contributed by atoms with Crippen molar-refractivity contribution in [3.8, 4) is 47.2 Å². The van der Waals surface area contributed by atoms with Crippen LogP contribution in [0.3, 0.4) is 0 Å². The van der Waals surface area contributed by atoms with E-state index >= 15 is 19.2 Å². The second kappa shape index (κ2) is 40.8. The van der Waals surface area contributed by atoms with E-state index in [1.165, 1.54) is 153 Å². The molecular weight excluding hydrogens is 1510 g/mol. The summed E-state index contributed by atoms with van der Waals surface area (Å²) in [5, 5.41) is 5.61. The van der Waals surface area contributed by atoms with Crippen molar-refractivity contribution < 1.29 is 42.9 Å². The van der Waals surface area contributed by atoms with Gasteiger partial charge in [0.1, 0.15) is 17.2 Å². The molecule has 11 aromatic rings. The Kier molecular flexibility index (Phi) is 30.1. The van der Waals surface area contributed by atoms with Gasteiger partial charge in [-0.25, -0.2) is 14.6 Å². The molecule has 618 valence electrons. The third kappa shape index (κ3) is 19.5. The van der Waals surface area contributed by atoms with Crippen LogP contribution in [0.4, 0.5) is 11.4 Å². The van der Waals surface area contributed by atoms with E-state index in [2.05, 4.69) is 113 Å². The topological polar surface area (TPSA) is 129 Å². The molecule has 2 aliphatic rings. The van der Waals surface area contributed by atoms with Crippen LogP contribution in [-0.4, -0.2) is 56.0 Å². The van der Waals surface area contributed by atoms with E-state index in [0.717, 1.165) is 109 Å². The van der Waals surface area contributed by atoms with Gasteiger partial charge in [0.15, 0.2) is 0 Å². The highest BCUT2D eigenvalue weighted by Crippen LogP contribution is 2.55. The molecule has 4 amide bonds. The van der Waals surface area contributed by atoms with Gasteiger partial charge in [-0.3, -0.25) is 19.2 Å². The minimum atomic E-state index is -0.429. The monoisotopic (exact) mass is 1630 g/mol. The Morgan fingerprint density at radius 1 is 0.325 bits per heavy atom. The van der Waals surface area contributed by atoms with Crippen molar-refractivity contribution in [3.05, 3.63) is 182 Å². The molecule has 0 N–H and O–H groups in total. The Labute approximate surface area is 708 Å². The number of imide groups is 2. The number of para-hydroxylation sites is 2. The first-order valence-electron chi connectivity index (χ1n) is 44.7. The fourth-order valence-corrected chi connectivity index (χ4v) is 20.9. The van der Waals surface area contributed by atoms with Crippen molar-refractivity contribution in [2.75, 3.05) is 36.2 Å². The predicted molar refractivity (Wildman–Crippen MR) is 492 cm³/mol. The van der Waals surface area contributed by atoms with Crippen molar-refractivity contribution >= 4 is 118 Å². The lowest BCUT2D eigenvalue weighted by atomic mass is 9.79. The largest absolute Gasteiger partial charge is 0.493 e. The first-order chi connectivity index (χ1) is 56.9. The quantitative estimate of drug-likeness (QED) is 0.0120. The molecule has 117 heavy (non-hydrogen) atoms. The van der Waals surface area contributed by atoms with E-state index in [0.29, 0.717) is 104 Å². The van der Waals surface area contributed by atoms with Gasteiger partial charge in [-0.1, -0.05) is 260 Å². The number of carbonyl (C=O) groups excluding carboxylic acids is 5. The summed E-state index contributed by atoms with van der Waals surface area (Å²) in [5.74, 6) is -0.342. The summed E-state index contributed by atoms with van der Waals surface area (Å²) < 4.78 is 25.9. The van der Waals surface area contributed by atoms with Crippen molar-refractivity contribution in [1.29, 1.82) is 0 Å². The number of ether oxygens (including phenoxy) is 4. The highest BCUT2D eigenvalue weighted by Gasteiger charge is 2.43. The summed E-state index contributed by atoms with van der Waals surface area (Å²) in [4.78, 5) is 88.2. The molecule has 0 radical (unpaired) electrons. The maximum atomic E-state index is 16.3. The first-order valence-corrected chi connectivity index (χ1v) is 47.2. The summed E-state index contributed by atoms with van der Waals surface area (Å²) in [6.45, 7) is 25.3. The van der Waals surface area contributed by atoms with Crippen LogP contribution >= 0.6 is 34.0 Å². The van der Waals surface area contributed by atoms with Gasteiger partial charge in [0.2, 0.25) is 0 Å². The number of thiophene rings is 3. The number of anilines is 2. The minimum absolute atomic E-state index is 0.00128. The molecule has 3 aromatic heterocycles. The van der Waals surface area contributed by atoms with Crippen LogP contribution in [0.25, 0.3) is 73.0 Å². The van der Waals surface area contributed by atoms with Gasteiger partial charge in [0.25, 0.3) is 23.6 Å². The molecule has 0 bridgehead atoms. The third-order valence-corrected chi connectivity index (χ3v) is 27.8. The highest BCUT2D eigenvalue weighted by atomic mass is 32.1. The average molecular weight is 1630 g/mol. The normalized spacial score (nSPS) is 13.1. The molecule has 0 fully saturated rings. The number of fused-ring (bicyclic) bond motifs is 2. The lowest BCUT2D eigenvalue weighted by molar-refractivity contribution is 0.0495. The molecule has 0 atom stereocenters. The summed E-state index contributed by atoms with van der Waals surface area (Å²) in [6.07, 6.45) is 33.5. The van der Waals surface area contributed by atoms with Crippen LogP contribution < -0.4 is 24.0 Å². The van der Waals surface area contributed by atoms with Crippen LogP contribution in [0.1, 0.15) is 359 Å². The van der Waals surface area contributed by atoms with E-state index < -0.39 is 29.6 Å². The number of nitrogens with zero attached hydrogens (tertiary/aromatic N) is 2. The Morgan fingerprint density at radius 3 is 1.15 bits per heavy atom. The van der Waals surface area contributed by atoms with E-state index in [9.17, 15) is 4.79 Å². The SMILES string of the molecule is CCCCCCCCCCCCOc1cc(OCCCCCCCCCCCC)cc(C(=O)OCCCCCCOc2cc3c4c(ccc5c6c(-c7ccc(-c8ccc(-c9ccc(CCCCCC)s9)s8)s7)cc7c8c(ccc(c2c45)c86)C(=O)N(c2c(C(C)C)cccc2C(C)C)C7=O)C(=O)N(c2c(C(C)C)cccc2C(C)C)C3=O)c1. The predicted octanol–water partition coefficient (Wildman–Crippen LogP) is 30.5. The second-order valence-electron chi connectivity index (χ2n) is 34.1. The molecule has 13 rings (SSSR count). The average Bonchev–Trinajstić information content (AvgIpc) is 1.01. The Morgan fingerprint density at radius 2 is 0.692 bits per heavy atom. The molecule has 8 aromatic carbocycles. The zero-order valence-corrected chi connectivity index (χ0v) is 74.0. The number of esters is 1. The summed E-state index contributed by atoms with van der Waals surface area (Å²) in [7, 11) is 0. The number of rotatable bonds is 47. The van der Waals surface area contributed by atoms with Gasteiger partial charge in [0.05, 0.1) is 48.9 Å². The van der Waals surface area contributed by atoms with Crippen LogP contribution in [-0.2, 0) is 11.2 Å². The Hall–Kier alpha value is -8.69. The van der Waals surface area contributed by atoms with Gasteiger partial charge in [-0.2, -0.15) is 0 Å². The minimum Gasteiger partial charge on any atom is -0.493 e. The van der Waals surface area contributed by atoms with Crippen LogP contribution in [0.5, 0.6) is 17.2 Å². The molecule has 0 saturated heterocycles. The van der Waals surface area contributed by atoms with E-state index in [1.54, 1.807) is 34.8 Å². The summed E-state index contributed by atoms with van der Waals surface area (Å²) >= 11 is 5.34. The number of amides is 4. The lowest BCUT2D eigenvalue weighted by Gasteiger charge is -2.34. The second-order valence-corrected chi connectivity index (χ2v) is 37.4. The molecular formula is C103H124N2O9S3. The van der Waals surface area contributed by atoms with Gasteiger partial charge in [0, 0.05) is 79.1 Å². The van der Waals surface area contributed by atoms with Crippen molar-refractivity contribution in [2.45, 2.75) is 286 Å². The zero-order chi connectivity index (χ0) is 82.2. The molecule has 0 spiro atoms. The van der Waals surface area contributed by atoms with Crippen molar-refractivity contribution in [3.63, 3.8) is 0 Å². The summed E-state index contributed by atoms with van der Waals surface area (Å²) in [5.41, 5.74) is 7.73. The number of hydrogen-bond acceptors (Lipinski definition) is 12. The van der Waals surface area contributed by atoms with E-state index in [-0.39, 0.29) is 36.9 Å². The molecule has 0 saturated carbocycles. The fourth-order valence-electron chi connectivity index (χ4n) is 17.7. The zero-order valence-electron chi connectivity index (χ0n) is 71.6. The highest BCUT2D eigenvalue weighted by molar-refractivity contribution is 7.27. The number of carbonyl (C=O) groups is 5. The summed E-state index contributed by atoms with van der Waals surface area (Å²) in [6, 6.07) is 42.7.